The van der Waals surface area contributed by atoms with Crippen molar-refractivity contribution in [1.29, 1.82) is 0 Å². The maximum Gasteiger partial charge on any atom is 0.242 e. The van der Waals surface area contributed by atoms with Crippen molar-refractivity contribution in [3.63, 3.8) is 0 Å². The summed E-state index contributed by atoms with van der Waals surface area (Å²) in [4.78, 5) is 27.5. The highest BCUT2D eigenvalue weighted by molar-refractivity contribution is 5.89. The monoisotopic (exact) mass is 369 g/mol. The summed E-state index contributed by atoms with van der Waals surface area (Å²) in [5.74, 6) is 0.0778. The number of benzene rings is 1. The van der Waals surface area contributed by atoms with Gasteiger partial charge in [0.05, 0.1) is 0 Å². The molecule has 0 spiro atoms. The lowest BCUT2D eigenvalue weighted by Crippen LogP contribution is -2.40. The van der Waals surface area contributed by atoms with E-state index in [1.165, 1.54) is 36.2 Å². The summed E-state index contributed by atoms with van der Waals surface area (Å²) in [5, 5.41) is 5.54. The number of H-pyrrole nitrogens is 1. The van der Waals surface area contributed by atoms with Crippen LogP contribution in [0.15, 0.2) is 24.3 Å². The topological polar surface area (TPSA) is 74.0 Å². The summed E-state index contributed by atoms with van der Waals surface area (Å²) in [7, 11) is 0. The lowest BCUT2D eigenvalue weighted by atomic mass is 9.99. The molecule has 0 radical (unpaired) electrons. The summed E-state index contributed by atoms with van der Waals surface area (Å²) >= 11 is 0. The van der Waals surface area contributed by atoms with Gasteiger partial charge < -0.3 is 15.6 Å². The second kappa shape index (κ2) is 7.18. The quantitative estimate of drug-likeness (QED) is 0.732. The molecule has 1 aliphatic heterocycles. The molecule has 142 valence electrons. The van der Waals surface area contributed by atoms with Crippen molar-refractivity contribution in [2.45, 2.75) is 51.0 Å². The first-order valence-corrected chi connectivity index (χ1v) is 9.57. The van der Waals surface area contributed by atoms with Gasteiger partial charge in [0.2, 0.25) is 11.8 Å². The predicted molar refractivity (Wildman–Crippen MR) is 101 cm³/mol. The third kappa shape index (κ3) is 3.75. The van der Waals surface area contributed by atoms with Gasteiger partial charge in [-0.05, 0) is 79.5 Å². The van der Waals surface area contributed by atoms with Crippen molar-refractivity contribution >= 4 is 11.8 Å². The maximum atomic E-state index is 13.3. The first-order chi connectivity index (χ1) is 13.0. The van der Waals surface area contributed by atoms with E-state index in [2.05, 4.69) is 22.5 Å². The predicted octanol–water partition coefficient (Wildman–Crippen LogP) is 2.94. The van der Waals surface area contributed by atoms with E-state index in [1.54, 1.807) is 12.1 Å². The van der Waals surface area contributed by atoms with E-state index < -0.39 is 6.04 Å². The summed E-state index contributed by atoms with van der Waals surface area (Å²) in [6.07, 6.45) is 3.91. The van der Waals surface area contributed by atoms with Crippen LogP contribution < -0.4 is 10.6 Å². The Hall–Kier alpha value is -2.63. The van der Waals surface area contributed by atoms with Crippen LogP contribution in [0.3, 0.4) is 0 Å². The molecule has 3 N–H and O–H groups in total. The van der Waals surface area contributed by atoms with Gasteiger partial charge in [0.15, 0.2) is 0 Å². The molecule has 1 aromatic carbocycles. The Balaban J connectivity index is 1.53. The van der Waals surface area contributed by atoms with Crippen molar-refractivity contribution in [3.8, 4) is 11.3 Å². The van der Waals surface area contributed by atoms with Crippen molar-refractivity contribution in [3.05, 3.63) is 46.9 Å². The van der Waals surface area contributed by atoms with E-state index in [4.69, 9.17) is 0 Å². The summed E-state index contributed by atoms with van der Waals surface area (Å²) < 4.78 is 13.3. The third-order valence-electron chi connectivity index (χ3n) is 5.52. The molecular formula is C21H24FN3O2. The molecule has 1 saturated carbocycles. The van der Waals surface area contributed by atoms with Crippen LogP contribution in [0.5, 0.6) is 0 Å². The van der Waals surface area contributed by atoms with E-state index in [9.17, 15) is 14.0 Å². The number of rotatable bonds is 6. The van der Waals surface area contributed by atoms with Crippen molar-refractivity contribution in [2.75, 3.05) is 6.54 Å². The Kier molecular flexibility index (Phi) is 4.72. The number of carbonyl (C=O) groups excluding carboxylic acids is 2. The molecule has 2 heterocycles. The zero-order valence-electron chi connectivity index (χ0n) is 15.4. The van der Waals surface area contributed by atoms with E-state index in [1.807, 2.05) is 0 Å². The number of amides is 2. The minimum atomic E-state index is -0.414. The fraction of sp³-hybridized carbons (Fsp3) is 0.429. The van der Waals surface area contributed by atoms with Gasteiger partial charge in [0.1, 0.15) is 11.9 Å². The van der Waals surface area contributed by atoms with Crippen LogP contribution in [0.25, 0.3) is 11.3 Å². The second-order valence-corrected chi connectivity index (χ2v) is 7.50. The fourth-order valence-electron chi connectivity index (χ4n) is 3.85. The van der Waals surface area contributed by atoms with Gasteiger partial charge in [-0.15, -0.1) is 0 Å². The largest absolute Gasteiger partial charge is 0.358 e. The van der Waals surface area contributed by atoms with E-state index in [0.29, 0.717) is 31.7 Å². The van der Waals surface area contributed by atoms with Gasteiger partial charge in [-0.25, -0.2) is 4.39 Å². The van der Waals surface area contributed by atoms with Crippen LogP contribution in [-0.4, -0.2) is 29.4 Å². The molecule has 27 heavy (non-hydrogen) atoms. The Bertz CT molecular complexity index is 868. The second-order valence-electron chi connectivity index (χ2n) is 7.50. The minimum absolute atomic E-state index is 0.107. The number of carbonyl (C=O) groups is 2. The lowest BCUT2D eigenvalue weighted by Gasteiger charge is -2.11. The van der Waals surface area contributed by atoms with Crippen LogP contribution in [0.2, 0.25) is 0 Å². The van der Waals surface area contributed by atoms with Crippen LogP contribution in [-0.2, 0) is 16.0 Å². The summed E-state index contributed by atoms with van der Waals surface area (Å²) in [6, 6.07) is 6.03. The molecule has 2 fully saturated rings. The fourth-order valence-corrected chi connectivity index (χ4v) is 3.85. The van der Waals surface area contributed by atoms with E-state index in [-0.39, 0.29) is 17.6 Å². The molecule has 2 aliphatic rings. The molecule has 2 aromatic rings. The first-order valence-electron chi connectivity index (χ1n) is 9.57. The number of hydrogen-bond acceptors (Lipinski definition) is 2. The highest BCUT2D eigenvalue weighted by atomic mass is 19.1. The molecule has 6 heteroatoms. The Morgan fingerprint density at radius 2 is 1.96 bits per heavy atom. The number of halogens is 1. The van der Waals surface area contributed by atoms with Gasteiger partial charge >= 0.3 is 0 Å². The van der Waals surface area contributed by atoms with E-state index >= 15 is 0 Å². The molecule has 1 saturated heterocycles. The molecule has 1 unspecified atom stereocenters. The van der Waals surface area contributed by atoms with Gasteiger partial charge in [-0.2, -0.15) is 0 Å². The summed E-state index contributed by atoms with van der Waals surface area (Å²) in [6.45, 7) is 2.70. The van der Waals surface area contributed by atoms with Gasteiger partial charge in [-0.1, -0.05) is 0 Å². The molecule has 4 rings (SSSR count). The van der Waals surface area contributed by atoms with E-state index in [0.717, 1.165) is 16.8 Å². The van der Waals surface area contributed by atoms with Gasteiger partial charge in [0, 0.05) is 24.4 Å². The highest BCUT2D eigenvalue weighted by Gasteiger charge is 2.30. The van der Waals surface area contributed by atoms with Crippen molar-refractivity contribution < 1.29 is 14.0 Å². The SMILES string of the molecule is Cc1c(C2CC2)[nH]c(-c2ccc(F)cc2)c1CCC(=O)NC1CCNC1=O. The van der Waals surface area contributed by atoms with Crippen LogP contribution in [0, 0.1) is 12.7 Å². The zero-order valence-corrected chi connectivity index (χ0v) is 15.4. The smallest absolute Gasteiger partial charge is 0.242 e. The molecular weight excluding hydrogens is 345 g/mol. The number of aromatic amines is 1. The Morgan fingerprint density at radius 1 is 1.22 bits per heavy atom. The number of aromatic nitrogens is 1. The Morgan fingerprint density at radius 3 is 2.59 bits per heavy atom. The Labute approximate surface area is 157 Å². The maximum absolute atomic E-state index is 13.3. The third-order valence-corrected chi connectivity index (χ3v) is 5.52. The lowest BCUT2D eigenvalue weighted by molar-refractivity contribution is -0.127. The van der Waals surface area contributed by atoms with Crippen LogP contribution >= 0.6 is 0 Å². The molecule has 0 bridgehead atoms. The minimum Gasteiger partial charge on any atom is -0.358 e. The molecule has 1 aromatic heterocycles. The first kappa shape index (κ1) is 17.8. The number of hydrogen-bond donors (Lipinski definition) is 3. The van der Waals surface area contributed by atoms with Gasteiger partial charge in [-0.3, -0.25) is 9.59 Å². The normalized spacial score (nSPS) is 19.2. The number of nitrogens with one attached hydrogen (secondary N) is 3. The summed E-state index contributed by atoms with van der Waals surface area (Å²) in [5.41, 5.74) is 5.44. The average Bonchev–Trinajstić information content (AvgIpc) is 3.34. The van der Waals surface area contributed by atoms with Gasteiger partial charge in [0.25, 0.3) is 0 Å². The van der Waals surface area contributed by atoms with Crippen molar-refractivity contribution in [2.24, 2.45) is 0 Å². The molecule has 2 amide bonds. The average molecular weight is 369 g/mol. The van der Waals surface area contributed by atoms with Crippen LogP contribution in [0.1, 0.15) is 48.4 Å². The zero-order chi connectivity index (χ0) is 19.0. The molecule has 1 atom stereocenters. The molecule has 1 aliphatic carbocycles. The standard InChI is InChI=1S/C21H24FN3O2/c1-12-16(8-9-18(26)24-17-10-11-23-21(17)27)20(25-19(12)13-2-3-13)14-4-6-15(22)7-5-14/h4-7,13,17,25H,2-3,8-11H2,1H3,(H,23,27)(H,24,26). The molecule has 5 nitrogen and oxygen atoms in total. The highest BCUT2D eigenvalue weighted by Crippen LogP contribution is 2.44. The van der Waals surface area contributed by atoms with Crippen molar-refractivity contribution in [1.82, 2.24) is 15.6 Å². The van der Waals surface area contributed by atoms with Crippen LogP contribution in [0.4, 0.5) is 4.39 Å².